The molecule has 9 heteroatoms. The highest BCUT2D eigenvalue weighted by Crippen LogP contribution is 2.26. The SMILES string of the molecule is NC(Cc1ccc(Oc2ccc(C=C3OC(=O)NC3=O)cc2)c(F)c1)C(=O)O. The van der Waals surface area contributed by atoms with E-state index in [0.29, 0.717) is 16.9 Å². The molecular weight excluding hydrogens is 371 g/mol. The van der Waals surface area contributed by atoms with Crippen LogP contribution < -0.4 is 15.8 Å². The number of carbonyl (C=O) groups excluding carboxylic acids is 2. The largest absolute Gasteiger partial charge is 0.480 e. The van der Waals surface area contributed by atoms with Gasteiger partial charge in [-0.15, -0.1) is 0 Å². The van der Waals surface area contributed by atoms with Crippen molar-refractivity contribution in [2.75, 3.05) is 0 Å². The fourth-order valence-electron chi connectivity index (χ4n) is 2.43. The summed E-state index contributed by atoms with van der Waals surface area (Å²) in [5, 5.41) is 10.8. The zero-order valence-electron chi connectivity index (χ0n) is 14.3. The first-order valence-corrected chi connectivity index (χ1v) is 8.11. The van der Waals surface area contributed by atoms with Crippen LogP contribution in [0, 0.1) is 5.82 Å². The van der Waals surface area contributed by atoms with Crippen LogP contribution in [0.25, 0.3) is 6.08 Å². The van der Waals surface area contributed by atoms with Crippen LogP contribution >= 0.6 is 0 Å². The third kappa shape index (κ3) is 4.51. The van der Waals surface area contributed by atoms with Gasteiger partial charge in [0.05, 0.1) is 0 Å². The highest BCUT2D eigenvalue weighted by molar-refractivity contribution is 6.09. The van der Waals surface area contributed by atoms with E-state index in [4.69, 9.17) is 20.3 Å². The minimum absolute atomic E-state index is 0.00590. The van der Waals surface area contributed by atoms with Crippen molar-refractivity contribution in [3.05, 3.63) is 65.2 Å². The smallest absolute Gasteiger partial charge is 0.419 e. The predicted octanol–water partition coefficient (Wildman–Crippen LogP) is 2.18. The van der Waals surface area contributed by atoms with Crippen molar-refractivity contribution in [2.45, 2.75) is 12.5 Å². The molecule has 0 radical (unpaired) electrons. The number of hydrogen-bond donors (Lipinski definition) is 3. The van der Waals surface area contributed by atoms with Crippen molar-refractivity contribution in [1.82, 2.24) is 5.32 Å². The van der Waals surface area contributed by atoms with Crippen LogP contribution in [0.2, 0.25) is 0 Å². The molecule has 1 fully saturated rings. The molecule has 0 bridgehead atoms. The summed E-state index contributed by atoms with van der Waals surface area (Å²) in [6.45, 7) is 0. The van der Waals surface area contributed by atoms with E-state index < -0.39 is 29.8 Å². The number of alkyl carbamates (subject to hydrolysis) is 1. The number of benzene rings is 2. The molecule has 0 aliphatic carbocycles. The minimum Gasteiger partial charge on any atom is -0.480 e. The highest BCUT2D eigenvalue weighted by Gasteiger charge is 2.25. The number of aliphatic carboxylic acids is 1. The summed E-state index contributed by atoms with van der Waals surface area (Å²) in [5.74, 6) is -2.28. The van der Waals surface area contributed by atoms with Crippen LogP contribution in [0.4, 0.5) is 9.18 Å². The second kappa shape index (κ2) is 7.89. The van der Waals surface area contributed by atoms with Crippen LogP contribution in [0.5, 0.6) is 11.5 Å². The zero-order chi connectivity index (χ0) is 20.3. The third-order valence-corrected chi connectivity index (χ3v) is 3.82. The molecule has 4 N–H and O–H groups in total. The molecule has 8 nitrogen and oxygen atoms in total. The fraction of sp³-hybridized carbons (Fsp3) is 0.105. The van der Waals surface area contributed by atoms with Crippen molar-refractivity contribution in [2.24, 2.45) is 5.73 Å². The average molecular weight is 386 g/mol. The molecule has 2 aromatic rings. The summed E-state index contributed by atoms with van der Waals surface area (Å²) >= 11 is 0. The maximum Gasteiger partial charge on any atom is 0.419 e. The number of ether oxygens (including phenoxy) is 2. The molecule has 1 unspecified atom stereocenters. The first-order valence-electron chi connectivity index (χ1n) is 8.11. The molecule has 144 valence electrons. The number of carbonyl (C=O) groups is 3. The summed E-state index contributed by atoms with van der Waals surface area (Å²) in [4.78, 5) is 33.2. The molecule has 2 aromatic carbocycles. The van der Waals surface area contributed by atoms with Gasteiger partial charge in [0.25, 0.3) is 5.91 Å². The Kier molecular flexibility index (Phi) is 5.37. The van der Waals surface area contributed by atoms with E-state index in [1.165, 1.54) is 24.3 Å². The van der Waals surface area contributed by atoms with Gasteiger partial charge in [0.15, 0.2) is 17.3 Å². The first-order chi connectivity index (χ1) is 13.3. The Labute approximate surface area is 158 Å². The lowest BCUT2D eigenvalue weighted by Crippen LogP contribution is -2.32. The Hall–Kier alpha value is -3.72. The van der Waals surface area contributed by atoms with Gasteiger partial charge in [-0.3, -0.25) is 14.9 Å². The number of hydrogen-bond acceptors (Lipinski definition) is 6. The van der Waals surface area contributed by atoms with Crippen LogP contribution in [0.1, 0.15) is 11.1 Å². The van der Waals surface area contributed by atoms with E-state index in [2.05, 4.69) is 0 Å². The average Bonchev–Trinajstić information content (AvgIpc) is 2.96. The minimum atomic E-state index is -1.17. The molecule has 3 rings (SSSR count). The van der Waals surface area contributed by atoms with Gasteiger partial charge in [-0.25, -0.2) is 9.18 Å². The van der Waals surface area contributed by atoms with Crippen molar-refractivity contribution >= 4 is 24.0 Å². The van der Waals surface area contributed by atoms with Crippen LogP contribution in [-0.4, -0.2) is 29.1 Å². The summed E-state index contributed by atoms with van der Waals surface area (Å²) in [7, 11) is 0. The fourth-order valence-corrected chi connectivity index (χ4v) is 2.43. The van der Waals surface area contributed by atoms with E-state index in [1.807, 2.05) is 5.32 Å². The Balaban J connectivity index is 1.69. The van der Waals surface area contributed by atoms with E-state index in [-0.39, 0.29) is 17.9 Å². The number of nitrogens with one attached hydrogen (secondary N) is 1. The van der Waals surface area contributed by atoms with Crippen molar-refractivity contribution in [3.8, 4) is 11.5 Å². The van der Waals surface area contributed by atoms with Crippen LogP contribution in [0.15, 0.2) is 48.2 Å². The highest BCUT2D eigenvalue weighted by atomic mass is 19.1. The quantitative estimate of drug-likeness (QED) is 0.649. The van der Waals surface area contributed by atoms with Gasteiger partial charge in [0.1, 0.15) is 11.8 Å². The van der Waals surface area contributed by atoms with Gasteiger partial charge in [-0.05, 0) is 47.9 Å². The Morgan fingerprint density at radius 2 is 1.96 bits per heavy atom. The van der Waals surface area contributed by atoms with Gasteiger partial charge < -0.3 is 20.3 Å². The van der Waals surface area contributed by atoms with E-state index >= 15 is 0 Å². The number of carboxylic acids is 1. The standard InChI is InChI=1S/C19H15FN2O6/c20-13-7-11(8-14(21)18(24)25)3-6-15(13)27-12-4-1-10(2-5-12)9-16-17(23)22-19(26)28-16/h1-7,9,14H,8,21H2,(H,24,25)(H,22,23,26). The molecule has 1 atom stereocenters. The van der Waals surface area contributed by atoms with E-state index in [1.54, 1.807) is 24.3 Å². The Morgan fingerprint density at radius 3 is 2.54 bits per heavy atom. The number of cyclic esters (lactones) is 1. The molecule has 1 aliphatic rings. The second-order valence-electron chi connectivity index (χ2n) is 5.94. The molecule has 1 heterocycles. The van der Waals surface area contributed by atoms with Crippen LogP contribution in [0.3, 0.4) is 0 Å². The molecular formula is C19H15FN2O6. The zero-order valence-corrected chi connectivity index (χ0v) is 14.3. The molecule has 0 spiro atoms. The van der Waals surface area contributed by atoms with Crippen molar-refractivity contribution in [3.63, 3.8) is 0 Å². The number of rotatable bonds is 6. The molecule has 0 aromatic heterocycles. The number of halogens is 1. The first kappa shape index (κ1) is 19.1. The molecule has 1 saturated heterocycles. The van der Waals surface area contributed by atoms with Crippen molar-refractivity contribution < 1.29 is 33.4 Å². The third-order valence-electron chi connectivity index (χ3n) is 3.82. The van der Waals surface area contributed by atoms with Gasteiger partial charge in [0, 0.05) is 0 Å². The number of carboxylic acid groups (broad SMARTS) is 1. The summed E-state index contributed by atoms with van der Waals surface area (Å²) in [5.41, 5.74) is 6.45. The van der Waals surface area contributed by atoms with E-state index in [9.17, 15) is 18.8 Å². The number of nitrogens with two attached hydrogens (primary N) is 1. The second-order valence-corrected chi connectivity index (χ2v) is 5.94. The lowest BCUT2D eigenvalue weighted by molar-refractivity contribution is -0.138. The topological polar surface area (TPSA) is 128 Å². The summed E-state index contributed by atoms with van der Waals surface area (Å²) in [6.07, 6.45) is 0.540. The van der Waals surface area contributed by atoms with Gasteiger partial charge in [-0.1, -0.05) is 18.2 Å². The maximum atomic E-state index is 14.2. The van der Waals surface area contributed by atoms with E-state index in [0.717, 1.165) is 0 Å². The van der Waals surface area contributed by atoms with Crippen molar-refractivity contribution in [1.29, 1.82) is 0 Å². The number of amides is 2. The normalized spacial score (nSPS) is 15.9. The molecule has 1 aliphatic heterocycles. The monoisotopic (exact) mass is 386 g/mol. The lowest BCUT2D eigenvalue weighted by atomic mass is 10.1. The molecule has 2 amide bonds. The molecule has 28 heavy (non-hydrogen) atoms. The van der Waals surface area contributed by atoms with Crippen LogP contribution in [-0.2, 0) is 20.7 Å². The number of imide groups is 1. The van der Waals surface area contributed by atoms with Gasteiger partial charge >= 0.3 is 12.1 Å². The maximum absolute atomic E-state index is 14.2. The molecule has 0 saturated carbocycles. The summed E-state index contributed by atoms with van der Waals surface area (Å²) in [6, 6.07) is 9.27. The lowest BCUT2D eigenvalue weighted by Gasteiger charge is -2.10. The van der Waals surface area contributed by atoms with Gasteiger partial charge in [-0.2, -0.15) is 0 Å². The Morgan fingerprint density at radius 1 is 1.25 bits per heavy atom. The van der Waals surface area contributed by atoms with Gasteiger partial charge in [0.2, 0.25) is 0 Å². The Bertz CT molecular complexity index is 971. The predicted molar refractivity (Wildman–Crippen MR) is 94.8 cm³/mol. The summed E-state index contributed by atoms with van der Waals surface area (Å²) < 4.78 is 24.4.